The van der Waals surface area contributed by atoms with Gasteiger partial charge < -0.3 is 14.2 Å². The highest BCUT2D eigenvalue weighted by Gasteiger charge is 2.44. The Morgan fingerprint density at radius 2 is 1.70 bits per heavy atom. The van der Waals surface area contributed by atoms with E-state index in [1.54, 1.807) is 0 Å². The fraction of sp³-hybridized carbons (Fsp3) is 0.867. The monoisotopic (exact) mass is 286 g/mol. The molecule has 0 amide bonds. The lowest BCUT2D eigenvalue weighted by molar-refractivity contribution is -0.212. The first-order valence-corrected chi connectivity index (χ1v) is 7.20. The van der Waals surface area contributed by atoms with E-state index in [0.717, 1.165) is 0 Å². The molecule has 1 rings (SSSR count). The first kappa shape index (κ1) is 17.0. The van der Waals surface area contributed by atoms with Crippen LogP contribution in [0.1, 0.15) is 41.5 Å². The molecule has 0 saturated carbocycles. The van der Waals surface area contributed by atoms with Crippen LogP contribution >= 0.6 is 0 Å². The Kier molecular flexibility index (Phi) is 5.99. The third kappa shape index (κ3) is 4.20. The highest BCUT2D eigenvalue weighted by molar-refractivity contribution is 5.66. The molecule has 0 bridgehead atoms. The van der Waals surface area contributed by atoms with Gasteiger partial charge in [-0.3, -0.25) is 9.59 Å². The molecule has 1 aliphatic heterocycles. The molecule has 5 unspecified atom stereocenters. The van der Waals surface area contributed by atoms with Gasteiger partial charge >= 0.3 is 11.9 Å². The van der Waals surface area contributed by atoms with Crippen LogP contribution in [0.3, 0.4) is 0 Å². The van der Waals surface area contributed by atoms with Crippen molar-refractivity contribution in [1.29, 1.82) is 0 Å². The minimum absolute atomic E-state index is 0.147. The molecule has 0 aromatic heterocycles. The number of carbonyl (C=O) groups excluding carboxylic acids is 2. The predicted octanol–water partition coefficient (Wildman–Crippen LogP) is 2.18. The van der Waals surface area contributed by atoms with Crippen LogP contribution in [0.2, 0.25) is 0 Å². The first-order chi connectivity index (χ1) is 9.23. The van der Waals surface area contributed by atoms with Crippen molar-refractivity contribution in [2.45, 2.75) is 59.9 Å². The minimum atomic E-state index is -0.309. The van der Waals surface area contributed by atoms with Gasteiger partial charge in [0.2, 0.25) is 0 Å². The largest absolute Gasteiger partial charge is 0.463 e. The summed E-state index contributed by atoms with van der Waals surface area (Å²) in [5.74, 6) is -0.0816. The Morgan fingerprint density at radius 1 is 1.10 bits per heavy atom. The lowest BCUT2D eigenvalue weighted by atomic mass is 9.79. The molecule has 5 heteroatoms. The highest BCUT2D eigenvalue weighted by atomic mass is 16.6. The Hall–Kier alpha value is -1.10. The van der Waals surface area contributed by atoms with Gasteiger partial charge in [0, 0.05) is 19.8 Å². The van der Waals surface area contributed by atoms with Crippen molar-refractivity contribution in [2.24, 2.45) is 17.8 Å². The van der Waals surface area contributed by atoms with E-state index in [0.29, 0.717) is 0 Å². The van der Waals surface area contributed by atoms with E-state index < -0.39 is 0 Å². The molecule has 1 aliphatic rings. The summed E-state index contributed by atoms with van der Waals surface area (Å²) >= 11 is 0. The first-order valence-electron chi connectivity index (χ1n) is 7.20. The summed E-state index contributed by atoms with van der Waals surface area (Å²) in [7, 11) is 0. The summed E-state index contributed by atoms with van der Waals surface area (Å²) in [4.78, 5) is 22.2. The van der Waals surface area contributed by atoms with Crippen molar-refractivity contribution >= 4 is 11.9 Å². The molecule has 0 N–H and O–H groups in total. The predicted molar refractivity (Wildman–Crippen MR) is 74.0 cm³/mol. The second-order valence-corrected chi connectivity index (χ2v) is 5.98. The maximum atomic E-state index is 11.3. The van der Waals surface area contributed by atoms with Gasteiger partial charge in [0.15, 0.2) is 0 Å². The number of rotatable bonds is 4. The number of ether oxygens (including phenoxy) is 3. The molecule has 0 aromatic rings. The smallest absolute Gasteiger partial charge is 0.303 e. The molecule has 116 valence electrons. The molecule has 20 heavy (non-hydrogen) atoms. The van der Waals surface area contributed by atoms with Gasteiger partial charge in [-0.05, 0) is 11.8 Å². The summed E-state index contributed by atoms with van der Waals surface area (Å²) in [5, 5.41) is 0. The molecule has 1 heterocycles. The Balaban J connectivity index is 2.82. The van der Waals surface area contributed by atoms with Crippen LogP contribution in [-0.4, -0.2) is 36.9 Å². The second-order valence-electron chi connectivity index (χ2n) is 5.98. The summed E-state index contributed by atoms with van der Waals surface area (Å²) in [5.41, 5.74) is 0. The summed E-state index contributed by atoms with van der Waals surface area (Å²) in [6.45, 7) is 11.2. The van der Waals surface area contributed by atoms with Crippen LogP contribution in [0, 0.1) is 17.8 Å². The average Bonchev–Trinajstić information content (AvgIpc) is 2.33. The van der Waals surface area contributed by atoms with Crippen molar-refractivity contribution in [3.63, 3.8) is 0 Å². The van der Waals surface area contributed by atoms with Crippen LogP contribution in [0.15, 0.2) is 0 Å². The number of hydrogen-bond donors (Lipinski definition) is 0. The SMILES string of the molecule is CC(=O)OCC1OC(C(C)C)C(OC(C)=O)C(C)C1C. The molecule has 0 aromatic carbocycles. The highest BCUT2D eigenvalue weighted by Crippen LogP contribution is 2.35. The van der Waals surface area contributed by atoms with E-state index in [1.165, 1.54) is 13.8 Å². The molecule has 0 spiro atoms. The van der Waals surface area contributed by atoms with Crippen molar-refractivity contribution in [3.05, 3.63) is 0 Å². The van der Waals surface area contributed by atoms with Crippen LogP contribution in [0.25, 0.3) is 0 Å². The van der Waals surface area contributed by atoms with E-state index >= 15 is 0 Å². The van der Waals surface area contributed by atoms with Crippen LogP contribution in [0.5, 0.6) is 0 Å². The van der Waals surface area contributed by atoms with Crippen molar-refractivity contribution < 1.29 is 23.8 Å². The number of esters is 2. The zero-order chi connectivity index (χ0) is 15.4. The van der Waals surface area contributed by atoms with Crippen LogP contribution in [0.4, 0.5) is 0 Å². The molecule has 1 saturated heterocycles. The normalized spacial score (nSPS) is 33.9. The third-order valence-corrected chi connectivity index (χ3v) is 4.00. The van der Waals surface area contributed by atoms with E-state index in [-0.39, 0.29) is 54.6 Å². The summed E-state index contributed by atoms with van der Waals surface area (Å²) in [6.07, 6.45) is -0.588. The Labute approximate surface area is 121 Å². The maximum absolute atomic E-state index is 11.3. The van der Waals surface area contributed by atoms with E-state index in [4.69, 9.17) is 14.2 Å². The van der Waals surface area contributed by atoms with Gasteiger partial charge in [0.25, 0.3) is 0 Å². The molecule has 0 radical (unpaired) electrons. The van der Waals surface area contributed by atoms with Crippen molar-refractivity contribution in [3.8, 4) is 0 Å². The molecule has 1 fully saturated rings. The molecule has 0 aliphatic carbocycles. The summed E-state index contributed by atoms with van der Waals surface area (Å²) < 4.78 is 16.6. The fourth-order valence-corrected chi connectivity index (χ4v) is 2.63. The second kappa shape index (κ2) is 7.07. The third-order valence-electron chi connectivity index (χ3n) is 4.00. The van der Waals surface area contributed by atoms with Crippen LogP contribution < -0.4 is 0 Å². The Bertz CT molecular complexity index is 350. The van der Waals surface area contributed by atoms with E-state index in [1.807, 2.05) is 20.8 Å². The van der Waals surface area contributed by atoms with Crippen LogP contribution in [-0.2, 0) is 23.8 Å². The van der Waals surface area contributed by atoms with Gasteiger partial charge in [-0.1, -0.05) is 27.7 Å². The zero-order valence-corrected chi connectivity index (χ0v) is 13.2. The van der Waals surface area contributed by atoms with Gasteiger partial charge in [0.05, 0.1) is 12.2 Å². The lowest BCUT2D eigenvalue weighted by Crippen LogP contribution is -2.54. The minimum Gasteiger partial charge on any atom is -0.463 e. The van der Waals surface area contributed by atoms with Gasteiger partial charge in [-0.15, -0.1) is 0 Å². The number of carbonyl (C=O) groups is 2. The number of hydrogen-bond acceptors (Lipinski definition) is 5. The fourth-order valence-electron chi connectivity index (χ4n) is 2.63. The summed E-state index contributed by atoms with van der Waals surface area (Å²) in [6, 6.07) is 0. The molecule has 5 atom stereocenters. The van der Waals surface area contributed by atoms with Crippen molar-refractivity contribution in [1.82, 2.24) is 0 Å². The van der Waals surface area contributed by atoms with Gasteiger partial charge in [-0.2, -0.15) is 0 Å². The quantitative estimate of drug-likeness (QED) is 0.741. The average molecular weight is 286 g/mol. The van der Waals surface area contributed by atoms with E-state index in [9.17, 15) is 9.59 Å². The van der Waals surface area contributed by atoms with Gasteiger partial charge in [0.1, 0.15) is 12.7 Å². The van der Waals surface area contributed by atoms with Crippen molar-refractivity contribution in [2.75, 3.05) is 6.61 Å². The molecular formula is C15H26O5. The standard InChI is InChI=1S/C15H26O5/c1-8(2)14-15(19-12(6)17)10(4)9(3)13(20-14)7-18-11(5)16/h8-10,13-15H,7H2,1-6H3. The topological polar surface area (TPSA) is 61.8 Å². The van der Waals surface area contributed by atoms with Gasteiger partial charge in [-0.25, -0.2) is 0 Å². The Morgan fingerprint density at radius 3 is 2.15 bits per heavy atom. The lowest BCUT2D eigenvalue weighted by Gasteiger charge is -2.45. The zero-order valence-electron chi connectivity index (χ0n) is 13.2. The molecule has 5 nitrogen and oxygen atoms in total. The van der Waals surface area contributed by atoms with E-state index in [2.05, 4.69) is 6.92 Å². The maximum Gasteiger partial charge on any atom is 0.303 e. The molecular weight excluding hydrogens is 260 g/mol.